The molecule has 31 heavy (non-hydrogen) atoms. The van der Waals surface area contributed by atoms with E-state index in [0.29, 0.717) is 24.7 Å². The van der Waals surface area contributed by atoms with Crippen LogP contribution >= 0.6 is 0 Å². The van der Waals surface area contributed by atoms with E-state index in [1.54, 1.807) is 0 Å². The van der Waals surface area contributed by atoms with E-state index in [2.05, 4.69) is 6.92 Å². The van der Waals surface area contributed by atoms with Crippen molar-refractivity contribution in [1.29, 1.82) is 0 Å². The van der Waals surface area contributed by atoms with Crippen LogP contribution in [0.4, 0.5) is 30.7 Å². The molecule has 0 heterocycles. The van der Waals surface area contributed by atoms with Crippen molar-refractivity contribution in [2.45, 2.75) is 128 Å². The number of alkyl halides is 7. The van der Waals surface area contributed by atoms with Crippen LogP contribution < -0.4 is 0 Å². The van der Waals surface area contributed by atoms with Crippen molar-refractivity contribution in [2.24, 2.45) is 23.7 Å². The Morgan fingerprint density at radius 1 is 0.581 bits per heavy atom. The summed E-state index contributed by atoms with van der Waals surface area (Å²) >= 11 is 0. The molecule has 0 nitrogen and oxygen atoms in total. The van der Waals surface area contributed by atoms with Crippen molar-refractivity contribution in [1.82, 2.24) is 0 Å². The highest BCUT2D eigenvalue weighted by Crippen LogP contribution is 2.50. The molecule has 0 unspecified atom stereocenters. The van der Waals surface area contributed by atoms with Gasteiger partial charge in [-0.3, -0.25) is 0 Å². The van der Waals surface area contributed by atoms with E-state index in [0.717, 1.165) is 18.8 Å². The molecule has 2 fully saturated rings. The summed E-state index contributed by atoms with van der Waals surface area (Å²) in [6.45, 7) is 2.22. The Morgan fingerprint density at radius 3 is 1.48 bits per heavy atom. The maximum absolute atomic E-state index is 13.5. The van der Waals surface area contributed by atoms with E-state index in [1.165, 1.54) is 64.2 Å². The fourth-order valence-electron chi connectivity index (χ4n) is 5.68. The van der Waals surface area contributed by atoms with Gasteiger partial charge in [0.2, 0.25) is 0 Å². The van der Waals surface area contributed by atoms with Gasteiger partial charge in [-0.2, -0.15) is 30.7 Å². The zero-order valence-electron chi connectivity index (χ0n) is 18.8. The second-order valence-corrected chi connectivity index (χ2v) is 10.1. The van der Waals surface area contributed by atoms with E-state index in [9.17, 15) is 30.7 Å². The van der Waals surface area contributed by atoms with Gasteiger partial charge < -0.3 is 0 Å². The average Bonchev–Trinajstić information content (AvgIpc) is 2.72. The van der Waals surface area contributed by atoms with E-state index < -0.39 is 24.4 Å². The van der Waals surface area contributed by atoms with Gasteiger partial charge in [0.25, 0.3) is 0 Å². The summed E-state index contributed by atoms with van der Waals surface area (Å²) in [5.41, 5.74) is 0. The molecule has 0 N–H and O–H groups in total. The highest BCUT2D eigenvalue weighted by Gasteiger charge is 2.72. The third-order valence-electron chi connectivity index (χ3n) is 7.85. The number of unbranched alkanes of at least 4 members (excludes halogenated alkanes) is 4. The molecule has 0 saturated heterocycles. The maximum atomic E-state index is 13.5. The SMILES string of the molecule is CCCCCCC[C@H]1CC[C@H](C2CCC(CCC(F)(F)C(F)(F)C(F)(F)F)CC2)CC1. The summed E-state index contributed by atoms with van der Waals surface area (Å²) in [7, 11) is 0. The van der Waals surface area contributed by atoms with Crippen molar-refractivity contribution >= 4 is 0 Å². The Morgan fingerprint density at radius 2 is 1.03 bits per heavy atom. The van der Waals surface area contributed by atoms with E-state index in [-0.39, 0.29) is 12.3 Å². The molecular formula is C24H39F7. The van der Waals surface area contributed by atoms with Crippen LogP contribution in [-0.4, -0.2) is 18.0 Å². The lowest BCUT2D eigenvalue weighted by Crippen LogP contribution is -2.52. The summed E-state index contributed by atoms with van der Waals surface area (Å²) in [4.78, 5) is 0. The van der Waals surface area contributed by atoms with Crippen LogP contribution in [0.15, 0.2) is 0 Å². The van der Waals surface area contributed by atoms with Gasteiger partial charge in [-0.1, -0.05) is 71.1 Å². The summed E-state index contributed by atoms with van der Waals surface area (Å²) in [6.07, 6.45) is 8.02. The summed E-state index contributed by atoms with van der Waals surface area (Å²) in [5.74, 6) is -9.15. The molecule has 2 aliphatic rings. The Kier molecular flexibility index (Phi) is 10.00. The fraction of sp³-hybridized carbons (Fsp3) is 1.00. The molecule has 184 valence electrons. The van der Waals surface area contributed by atoms with E-state index >= 15 is 0 Å². The highest BCUT2D eigenvalue weighted by atomic mass is 19.4. The summed E-state index contributed by atoms with van der Waals surface area (Å²) < 4.78 is 90.0. The first kappa shape index (κ1) is 26.8. The minimum Gasteiger partial charge on any atom is -0.200 e. The van der Waals surface area contributed by atoms with Gasteiger partial charge >= 0.3 is 18.0 Å². The van der Waals surface area contributed by atoms with Gasteiger partial charge in [-0.05, 0) is 55.8 Å². The molecule has 2 aliphatic carbocycles. The lowest BCUT2D eigenvalue weighted by molar-refractivity contribution is -0.356. The quantitative estimate of drug-likeness (QED) is 0.213. The Labute approximate surface area is 182 Å². The molecule has 0 aliphatic heterocycles. The van der Waals surface area contributed by atoms with E-state index in [4.69, 9.17) is 0 Å². The monoisotopic (exact) mass is 460 g/mol. The Balaban J connectivity index is 1.66. The maximum Gasteiger partial charge on any atom is 0.459 e. The predicted molar refractivity (Wildman–Crippen MR) is 109 cm³/mol. The van der Waals surface area contributed by atoms with Crippen LogP contribution in [0.1, 0.15) is 110 Å². The van der Waals surface area contributed by atoms with Crippen LogP contribution in [-0.2, 0) is 0 Å². The molecule has 0 radical (unpaired) electrons. The smallest absolute Gasteiger partial charge is 0.200 e. The molecule has 0 atom stereocenters. The Hall–Kier alpha value is -0.490. The van der Waals surface area contributed by atoms with Gasteiger partial charge in [0.1, 0.15) is 0 Å². The van der Waals surface area contributed by atoms with Crippen LogP contribution in [0, 0.1) is 23.7 Å². The van der Waals surface area contributed by atoms with Crippen molar-refractivity contribution in [3.8, 4) is 0 Å². The van der Waals surface area contributed by atoms with Gasteiger partial charge in [0.05, 0.1) is 0 Å². The van der Waals surface area contributed by atoms with Crippen LogP contribution in [0.5, 0.6) is 0 Å². The van der Waals surface area contributed by atoms with Gasteiger partial charge in [-0.15, -0.1) is 0 Å². The number of halogens is 7. The molecule has 0 aromatic heterocycles. The fourth-order valence-corrected chi connectivity index (χ4v) is 5.68. The van der Waals surface area contributed by atoms with Crippen LogP contribution in [0.2, 0.25) is 0 Å². The van der Waals surface area contributed by atoms with Crippen molar-refractivity contribution in [2.75, 3.05) is 0 Å². The normalized spacial score (nSPS) is 28.6. The largest absolute Gasteiger partial charge is 0.459 e. The second-order valence-electron chi connectivity index (χ2n) is 10.1. The minimum atomic E-state index is -6.22. The van der Waals surface area contributed by atoms with Gasteiger partial charge in [0, 0.05) is 6.42 Å². The molecule has 0 bridgehead atoms. The molecule has 2 rings (SSSR count). The Bertz CT molecular complexity index is 499. The first-order valence-corrected chi connectivity index (χ1v) is 12.3. The minimum absolute atomic E-state index is 0.175. The van der Waals surface area contributed by atoms with Crippen molar-refractivity contribution in [3.05, 3.63) is 0 Å². The number of rotatable bonds is 11. The zero-order chi connectivity index (χ0) is 23.1. The molecule has 0 amide bonds. The predicted octanol–water partition coefficient (Wildman–Crippen LogP) is 9.57. The number of hydrogen-bond acceptors (Lipinski definition) is 0. The lowest BCUT2D eigenvalue weighted by atomic mass is 9.68. The first-order chi connectivity index (χ1) is 14.5. The van der Waals surface area contributed by atoms with Crippen LogP contribution in [0.25, 0.3) is 0 Å². The van der Waals surface area contributed by atoms with Gasteiger partial charge in [0.15, 0.2) is 0 Å². The average molecular weight is 461 g/mol. The van der Waals surface area contributed by atoms with Crippen molar-refractivity contribution < 1.29 is 30.7 Å². The lowest BCUT2D eigenvalue weighted by Gasteiger charge is -2.38. The molecule has 0 spiro atoms. The molecular weight excluding hydrogens is 421 g/mol. The van der Waals surface area contributed by atoms with Crippen LogP contribution in [0.3, 0.4) is 0 Å². The molecule has 0 aromatic carbocycles. The summed E-state index contributed by atoms with van der Waals surface area (Å²) in [6, 6.07) is 0. The molecule has 7 heteroatoms. The third kappa shape index (κ3) is 7.52. The van der Waals surface area contributed by atoms with E-state index in [1.807, 2.05) is 0 Å². The third-order valence-corrected chi connectivity index (χ3v) is 7.85. The molecule has 2 saturated carbocycles. The standard InChI is InChI=1S/C24H39F7/c1-2-3-4-5-6-7-18-8-12-20(13-9-18)21-14-10-19(11-15-21)16-17-22(25,26)23(27,28)24(29,30)31/h18-21H,2-17H2,1H3/t18-,19?,20-,21?. The summed E-state index contributed by atoms with van der Waals surface area (Å²) in [5, 5.41) is 0. The van der Waals surface area contributed by atoms with Gasteiger partial charge in [-0.25, -0.2) is 0 Å². The zero-order valence-corrected chi connectivity index (χ0v) is 18.8. The topological polar surface area (TPSA) is 0 Å². The second kappa shape index (κ2) is 11.6. The van der Waals surface area contributed by atoms with Crippen molar-refractivity contribution in [3.63, 3.8) is 0 Å². The molecule has 0 aromatic rings. The number of hydrogen-bond donors (Lipinski definition) is 0. The highest BCUT2D eigenvalue weighted by molar-refractivity contribution is 4.92. The first-order valence-electron chi connectivity index (χ1n) is 12.3.